The number of anilines is 1. The van der Waals surface area contributed by atoms with Crippen molar-refractivity contribution in [3.63, 3.8) is 0 Å². The number of methoxy groups -OCH3 is 1. The van der Waals surface area contributed by atoms with E-state index in [2.05, 4.69) is 10.2 Å². The Morgan fingerprint density at radius 1 is 1.19 bits per heavy atom. The molecule has 1 atom stereocenters. The van der Waals surface area contributed by atoms with Crippen LogP contribution in [0.3, 0.4) is 0 Å². The van der Waals surface area contributed by atoms with Gasteiger partial charge >= 0.3 is 0 Å². The lowest BCUT2D eigenvalue weighted by molar-refractivity contribution is 0.185. The van der Waals surface area contributed by atoms with Crippen molar-refractivity contribution < 1.29 is 14.2 Å². The molecule has 7 heteroatoms. The van der Waals surface area contributed by atoms with E-state index in [9.17, 15) is 0 Å². The molecule has 7 nitrogen and oxygen atoms in total. The standard InChI is InChI=1S/C25H36N4O3/c1-30-25-22(32-14-5-13-29-11-2-3-12-29)16-21-24(28-25)23(19-6-4-7-20(19)27-21)26-10-8-18-9-15-31-17-18/h16,18H,2-15,17H2,1H3,(H,26,27)/t18-/m0/s1. The van der Waals surface area contributed by atoms with Gasteiger partial charge in [0.05, 0.1) is 24.9 Å². The molecule has 32 heavy (non-hydrogen) atoms. The molecular formula is C25H36N4O3. The maximum absolute atomic E-state index is 6.12. The van der Waals surface area contributed by atoms with Gasteiger partial charge in [-0.05, 0) is 75.9 Å². The number of rotatable bonds is 10. The Hall–Kier alpha value is -2.12. The zero-order chi connectivity index (χ0) is 21.8. The summed E-state index contributed by atoms with van der Waals surface area (Å²) in [7, 11) is 1.67. The van der Waals surface area contributed by atoms with Gasteiger partial charge < -0.3 is 24.4 Å². The van der Waals surface area contributed by atoms with Crippen LogP contribution in [-0.4, -0.2) is 68.0 Å². The minimum Gasteiger partial charge on any atom is -0.488 e. The van der Waals surface area contributed by atoms with Gasteiger partial charge in [0.2, 0.25) is 0 Å². The van der Waals surface area contributed by atoms with Gasteiger partial charge in [0, 0.05) is 38.1 Å². The monoisotopic (exact) mass is 440 g/mol. The van der Waals surface area contributed by atoms with Crippen LogP contribution < -0.4 is 14.8 Å². The van der Waals surface area contributed by atoms with Crippen molar-refractivity contribution in [3.8, 4) is 11.6 Å². The summed E-state index contributed by atoms with van der Waals surface area (Å²) >= 11 is 0. The Labute approximate surface area is 190 Å². The van der Waals surface area contributed by atoms with E-state index in [1.165, 1.54) is 43.6 Å². The van der Waals surface area contributed by atoms with Gasteiger partial charge in [0.15, 0.2) is 5.75 Å². The van der Waals surface area contributed by atoms with Gasteiger partial charge in [-0.15, -0.1) is 0 Å². The highest BCUT2D eigenvalue weighted by atomic mass is 16.5. The third kappa shape index (κ3) is 4.79. The van der Waals surface area contributed by atoms with E-state index in [0.717, 1.165) is 75.1 Å². The summed E-state index contributed by atoms with van der Waals surface area (Å²) in [5, 5.41) is 3.71. The van der Waals surface area contributed by atoms with Crippen LogP contribution in [0, 0.1) is 5.92 Å². The Kier molecular flexibility index (Phi) is 6.93. The van der Waals surface area contributed by atoms with Gasteiger partial charge in [-0.2, -0.15) is 0 Å². The Morgan fingerprint density at radius 3 is 2.91 bits per heavy atom. The molecule has 0 aromatic carbocycles. The first-order valence-electron chi connectivity index (χ1n) is 12.4. The topological polar surface area (TPSA) is 68.7 Å². The van der Waals surface area contributed by atoms with E-state index in [1.54, 1.807) is 7.11 Å². The second-order valence-electron chi connectivity index (χ2n) is 9.32. The molecule has 2 saturated heterocycles. The molecule has 4 heterocycles. The maximum Gasteiger partial charge on any atom is 0.257 e. The molecule has 0 amide bonds. The number of likely N-dealkylation sites (tertiary alicyclic amines) is 1. The summed E-state index contributed by atoms with van der Waals surface area (Å²) in [6, 6.07) is 2.02. The Balaban J connectivity index is 1.33. The SMILES string of the molecule is COc1nc2c(NCC[C@H]3CCOC3)c3c(nc2cc1OCCCN1CCCC1)CCC3. The lowest BCUT2D eigenvalue weighted by Gasteiger charge is -2.18. The van der Waals surface area contributed by atoms with E-state index >= 15 is 0 Å². The summed E-state index contributed by atoms with van der Waals surface area (Å²) in [6.45, 7) is 6.92. The van der Waals surface area contributed by atoms with Crippen LogP contribution in [0.25, 0.3) is 11.0 Å². The molecule has 3 aliphatic rings. The predicted molar refractivity (Wildman–Crippen MR) is 126 cm³/mol. The largest absolute Gasteiger partial charge is 0.488 e. The third-order valence-electron chi connectivity index (χ3n) is 7.06. The van der Waals surface area contributed by atoms with Gasteiger partial charge in [0.25, 0.3) is 5.88 Å². The molecule has 0 radical (unpaired) electrons. The van der Waals surface area contributed by atoms with Crippen LogP contribution in [0.15, 0.2) is 6.07 Å². The van der Waals surface area contributed by atoms with E-state index in [4.69, 9.17) is 24.2 Å². The number of nitrogens with zero attached hydrogens (tertiary/aromatic N) is 3. The molecule has 1 N–H and O–H groups in total. The van der Waals surface area contributed by atoms with E-state index < -0.39 is 0 Å². The second-order valence-corrected chi connectivity index (χ2v) is 9.32. The third-order valence-corrected chi connectivity index (χ3v) is 7.06. The van der Waals surface area contributed by atoms with Gasteiger partial charge in [-0.1, -0.05) is 0 Å². The summed E-state index contributed by atoms with van der Waals surface area (Å²) in [4.78, 5) is 12.3. The Bertz CT molecular complexity index is 923. The maximum atomic E-state index is 6.12. The smallest absolute Gasteiger partial charge is 0.257 e. The van der Waals surface area contributed by atoms with Crippen LogP contribution in [-0.2, 0) is 17.6 Å². The fourth-order valence-corrected chi connectivity index (χ4v) is 5.28. The quantitative estimate of drug-likeness (QED) is 0.563. The van der Waals surface area contributed by atoms with Crippen molar-refractivity contribution in [2.75, 3.05) is 58.4 Å². The molecule has 5 rings (SSSR count). The lowest BCUT2D eigenvalue weighted by Crippen LogP contribution is -2.22. The summed E-state index contributed by atoms with van der Waals surface area (Å²) in [5.41, 5.74) is 5.47. The zero-order valence-electron chi connectivity index (χ0n) is 19.3. The van der Waals surface area contributed by atoms with Crippen LogP contribution in [0.1, 0.15) is 49.8 Å². The summed E-state index contributed by atoms with van der Waals surface area (Å²) in [5.74, 6) is 1.90. The van der Waals surface area contributed by atoms with Crippen molar-refractivity contribution in [1.29, 1.82) is 0 Å². The molecular weight excluding hydrogens is 404 g/mol. The molecule has 0 saturated carbocycles. The van der Waals surface area contributed by atoms with E-state index in [1.807, 2.05) is 6.07 Å². The van der Waals surface area contributed by atoms with Crippen molar-refractivity contribution in [3.05, 3.63) is 17.3 Å². The van der Waals surface area contributed by atoms with Crippen LogP contribution >= 0.6 is 0 Å². The molecule has 174 valence electrons. The number of nitrogens with one attached hydrogen (secondary N) is 1. The summed E-state index contributed by atoms with van der Waals surface area (Å²) < 4.78 is 17.3. The molecule has 0 bridgehead atoms. The number of aromatic nitrogens is 2. The number of hydrogen-bond donors (Lipinski definition) is 1. The molecule has 1 aliphatic carbocycles. The minimum atomic E-state index is 0.547. The van der Waals surface area contributed by atoms with Gasteiger partial charge in [-0.25, -0.2) is 4.98 Å². The zero-order valence-corrected chi connectivity index (χ0v) is 19.3. The fraction of sp³-hybridized carbons (Fsp3) is 0.680. The van der Waals surface area contributed by atoms with Crippen molar-refractivity contribution in [1.82, 2.24) is 14.9 Å². The summed E-state index contributed by atoms with van der Waals surface area (Å²) in [6.07, 6.45) is 9.20. The highest BCUT2D eigenvalue weighted by molar-refractivity contribution is 5.91. The van der Waals surface area contributed by atoms with E-state index in [0.29, 0.717) is 24.2 Å². The highest BCUT2D eigenvalue weighted by Gasteiger charge is 2.23. The first kappa shape index (κ1) is 21.7. The molecule has 0 spiro atoms. The lowest BCUT2D eigenvalue weighted by atomic mass is 10.0. The number of aryl methyl sites for hydroxylation is 1. The number of hydrogen-bond acceptors (Lipinski definition) is 7. The van der Waals surface area contributed by atoms with E-state index in [-0.39, 0.29) is 0 Å². The van der Waals surface area contributed by atoms with Crippen LogP contribution in [0.4, 0.5) is 5.69 Å². The fourth-order valence-electron chi connectivity index (χ4n) is 5.28. The number of fused-ring (bicyclic) bond motifs is 2. The average Bonchev–Trinajstić information content (AvgIpc) is 3.58. The number of pyridine rings is 2. The second kappa shape index (κ2) is 10.2. The van der Waals surface area contributed by atoms with Crippen molar-refractivity contribution in [2.24, 2.45) is 5.92 Å². The highest BCUT2D eigenvalue weighted by Crippen LogP contribution is 2.37. The normalized spacial score (nSPS) is 20.7. The van der Waals surface area contributed by atoms with Crippen LogP contribution in [0.2, 0.25) is 0 Å². The Morgan fingerprint density at radius 2 is 2.09 bits per heavy atom. The molecule has 2 fully saturated rings. The first-order valence-corrected chi connectivity index (χ1v) is 12.4. The molecule has 2 aromatic rings. The van der Waals surface area contributed by atoms with Gasteiger partial charge in [0.1, 0.15) is 5.52 Å². The first-order chi connectivity index (χ1) is 15.8. The average molecular weight is 441 g/mol. The number of ether oxygens (including phenoxy) is 3. The molecule has 2 aliphatic heterocycles. The van der Waals surface area contributed by atoms with Crippen LogP contribution in [0.5, 0.6) is 11.6 Å². The van der Waals surface area contributed by atoms with Gasteiger partial charge in [-0.3, -0.25) is 4.98 Å². The molecule has 2 aromatic heterocycles. The van der Waals surface area contributed by atoms with Crippen molar-refractivity contribution in [2.45, 2.75) is 51.4 Å². The molecule has 0 unspecified atom stereocenters. The van der Waals surface area contributed by atoms with Crippen molar-refractivity contribution >= 4 is 16.7 Å². The predicted octanol–water partition coefficient (Wildman–Crippen LogP) is 3.83. The minimum absolute atomic E-state index is 0.547.